The molecule has 2 N–H and O–H groups in total. The summed E-state index contributed by atoms with van der Waals surface area (Å²) in [4.78, 5) is 22.9. The van der Waals surface area contributed by atoms with Crippen LogP contribution in [0.25, 0.3) is 22.3 Å². The predicted octanol–water partition coefficient (Wildman–Crippen LogP) is 5.96. The number of methoxy groups -OCH3 is 1. The maximum Gasteiger partial charge on any atom is 0.311 e. The van der Waals surface area contributed by atoms with Crippen LogP contribution in [0.4, 0.5) is 19.0 Å². The van der Waals surface area contributed by atoms with Gasteiger partial charge < -0.3 is 15.0 Å². The van der Waals surface area contributed by atoms with Crippen molar-refractivity contribution in [2.24, 2.45) is 17.8 Å². The van der Waals surface area contributed by atoms with E-state index in [1.807, 2.05) is 0 Å². The predicted molar refractivity (Wildman–Crippen MR) is 149 cm³/mol. The smallest absolute Gasteiger partial charge is 0.311 e. The Morgan fingerprint density at radius 2 is 1.74 bits per heavy atom. The summed E-state index contributed by atoms with van der Waals surface area (Å²) in [7, 11) is -3.10. The molecule has 3 fully saturated rings. The molecule has 42 heavy (non-hydrogen) atoms. The molecule has 4 unspecified atom stereocenters. The number of rotatable bonds is 6. The summed E-state index contributed by atoms with van der Waals surface area (Å²) in [6.45, 7) is 1.79. The van der Waals surface area contributed by atoms with E-state index in [9.17, 15) is 13.2 Å². The molecule has 3 heterocycles. The molecule has 0 amide bonds. The fraction of sp³-hybridized carbons (Fsp3) is 0.367. The van der Waals surface area contributed by atoms with Gasteiger partial charge >= 0.3 is 5.97 Å². The largest absolute Gasteiger partial charge is 0.469 e. The van der Waals surface area contributed by atoms with E-state index < -0.39 is 55.8 Å². The minimum atomic E-state index is -4.42. The minimum Gasteiger partial charge on any atom is -0.469 e. The number of ether oxygens (including phenoxy) is 1. The van der Waals surface area contributed by atoms with Gasteiger partial charge in [-0.1, -0.05) is 24.1 Å². The summed E-state index contributed by atoms with van der Waals surface area (Å²) in [6.07, 6.45) is 6.37. The number of H-pyrrole nitrogens is 1. The summed E-state index contributed by atoms with van der Waals surface area (Å²) < 4.78 is 78.3. The van der Waals surface area contributed by atoms with Gasteiger partial charge in [-0.25, -0.2) is 31.6 Å². The highest BCUT2D eigenvalue weighted by molar-refractivity contribution is 7.91. The first kappa shape index (κ1) is 28.2. The number of sulfone groups is 1. The van der Waals surface area contributed by atoms with E-state index in [1.54, 1.807) is 19.1 Å². The molecule has 3 aromatic heterocycles. The molecule has 2 bridgehead atoms. The Hall–Kier alpha value is -3.93. The summed E-state index contributed by atoms with van der Waals surface area (Å²) in [6, 6.07) is 6.05. The molecule has 8 nitrogen and oxygen atoms in total. The molecule has 220 valence electrons. The highest BCUT2D eigenvalue weighted by atomic mass is 32.2. The highest BCUT2D eigenvalue weighted by Gasteiger charge is 2.46. The Labute approximate surface area is 240 Å². The van der Waals surface area contributed by atoms with Crippen LogP contribution in [0.15, 0.2) is 52.5 Å². The lowest BCUT2D eigenvalue weighted by atomic mass is 9.71. The number of anilines is 1. The average molecular weight is 599 g/mol. The number of aromatic nitrogens is 3. The highest BCUT2D eigenvalue weighted by Crippen LogP contribution is 2.45. The molecule has 12 heteroatoms. The number of halogens is 3. The normalized spacial score (nSPS) is 22.2. The first-order valence-corrected chi connectivity index (χ1v) is 15.3. The lowest BCUT2D eigenvalue weighted by Gasteiger charge is -2.39. The van der Waals surface area contributed by atoms with Gasteiger partial charge in [0.15, 0.2) is 23.3 Å². The fourth-order valence-corrected chi connectivity index (χ4v) is 8.10. The number of hydrogen-bond donors (Lipinski definition) is 2. The number of aromatic amines is 1. The van der Waals surface area contributed by atoms with Gasteiger partial charge in [0.25, 0.3) is 0 Å². The van der Waals surface area contributed by atoms with Crippen molar-refractivity contribution in [3.63, 3.8) is 0 Å². The average Bonchev–Trinajstić information content (AvgIpc) is 3.13. The lowest BCUT2D eigenvalue weighted by Crippen LogP contribution is -2.47. The summed E-state index contributed by atoms with van der Waals surface area (Å²) in [5, 5.41) is 2.87. The van der Waals surface area contributed by atoms with Gasteiger partial charge in [0.2, 0.25) is 9.84 Å². The van der Waals surface area contributed by atoms with Crippen molar-refractivity contribution >= 4 is 32.7 Å². The SMILES string of the molecule is COC(=O)C1C2CCCC(CC2)C1Nc1nc(-c2c[nH]c3ncc(F)c(S(=O)(=O)c4ccc(C)cc4)c23)c(F)cc1F. The molecule has 7 rings (SSSR count). The van der Waals surface area contributed by atoms with E-state index in [4.69, 9.17) is 4.74 Å². The zero-order valence-corrected chi connectivity index (χ0v) is 23.8. The third kappa shape index (κ3) is 4.71. The van der Waals surface area contributed by atoms with Crippen LogP contribution in [-0.4, -0.2) is 42.5 Å². The van der Waals surface area contributed by atoms with Crippen molar-refractivity contribution < 1.29 is 31.1 Å². The molecule has 0 spiro atoms. The van der Waals surface area contributed by atoms with Gasteiger partial charge in [0, 0.05) is 23.9 Å². The maximum absolute atomic E-state index is 15.4. The number of nitrogens with zero attached hydrogens (tertiary/aromatic N) is 2. The van der Waals surface area contributed by atoms with Crippen molar-refractivity contribution in [1.29, 1.82) is 0 Å². The van der Waals surface area contributed by atoms with Crippen LogP contribution in [0.2, 0.25) is 0 Å². The van der Waals surface area contributed by atoms with Gasteiger partial charge in [0.1, 0.15) is 16.2 Å². The first-order chi connectivity index (χ1) is 20.1. The second kappa shape index (κ2) is 10.7. The van der Waals surface area contributed by atoms with Crippen LogP contribution in [0.5, 0.6) is 0 Å². The molecule has 0 saturated heterocycles. The van der Waals surface area contributed by atoms with Crippen LogP contribution < -0.4 is 5.32 Å². The van der Waals surface area contributed by atoms with Crippen LogP contribution in [0.3, 0.4) is 0 Å². The van der Waals surface area contributed by atoms with E-state index in [0.29, 0.717) is 6.07 Å². The second-order valence-corrected chi connectivity index (χ2v) is 13.0. The molecule has 1 aromatic carbocycles. The number of carbonyl (C=O) groups excluding carboxylic acids is 1. The standard InChI is InChI=1S/C30H29F3N4O4S/c1-15-6-10-18(11-7-15)42(39,40)27-22(33)14-35-29-24(27)19(13-34-29)26-20(31)12-21(32)28(37-26)36-25-17-5-3-4-16(8-9-17)23(25)30(38)41-2/h6-7,10-14,16-17,23,25H,3-5,8-9H2,1-2H3,(H,34,35)(H,36,37). The molecule has 0 radical (unpaired) electrons. The van der Waals surface area contributed by atoms with Gasteiger partial charge in [-0.05, 0) is 56.6 Å². The number of nitrogens with one attached hydrogen (secondary N) is 2. The molecular weight excluding hydrogens is 569 g/mol. The minimum absolute atomic E-state index is 0.0102. The number of aryl methyl sites for hydroxylation is 1. The van der Waals surface area contributed by atoms with Crippen molar-refractivity contribution in [1.82, 2.24) is 15.0 Å². The number of pyridine rings is 2. The molecule has 4 aromatic rings. The Balaban J connectivity index is 1.48. The van der Waals surface area contributed by atoms with Crippen molar-refractivity contribution in [3.05, 3.63) is 65.7 Å². The molecule has 3 aliphatic carbocycles. The number of carbonyl (C=O) groups is 1. The van der Waals surface area contributed by atoms with Crippen LogP contribution >= 0.6 is 0 Å². The quantitative estimate of drug-likeness (QED) is 0.263. The van der Waals surface area contributed by atoms with Crippen LogP contribution in [-0.2, 0) is 19.4 Å². The Morgan fingerprint density at radius 1 is 1.02 bits per heavy atom. The number of benzene rings is 1. The van der Waals surface area contributed by atoms with Gasteiger partial charge in [-0.2, -0.15) is 0 Å². The summed E-state index contributed by atoms with van der Waals surface area (Å²) in [5.41, 5.74) is 0.302. The number of hydrogen-bond acceptors (Lipinski definition) is 7. The topological polar surface area (TPSA) is 114 Å². The van der Waals surface area contributed by atoms with E-state index in [-0.39, 0.29) is 39.1 Å². The van der Waals surface area contributed by atoms with E-state index in [2.05, 4.69) is 20.3 Å². The zero-order valence-electron chi connectivity index (χ0n) is 23.0. The molecule has 3 saturated carbocycles. The number of fused-ring (bicyclic) bond motifs is 5. The molecule has 3 aliphatic rings. The maximum atomic E-state index is 15.4. The monoisotopic (exact) mass is 598 g/mol. The summed E-state index contributed by atoms with van der Waals surface area (Å²) in [5.74, 6) is -4.27. The van der Waals surface area contributed by atoms with Gasteiger partial charge in [0.05, 0.1) is 29.5 Å². The van der Waals surface area contributed by atoms with Gasteiger partial charge in [-0.15, -0.1) is 0 Å². The van der Waals surface area contributed by atoms with E-state index in [0.717, 1.165) is 43.9 Å². The number of esters is 1. The fourth-order valence-electron chi connectivity index (χ4n) is 6.59. The first-order valence-electron chi connectivity index (χ1n) is 13.8. The van der Waals surface area contributed by atoms with E-state index in [1.165, 1.54) is 25.4 Å². The lowest BCUT2D eigenvalue weighted by molar-refractivity contribution is -0.149. The molecular formula is C30H29F3N4O4S. The molecule has 0 aliphatic heterocycles. The van der Waals surface area contributed by atoms with Crippen molar-refractivity contribution in [2.45, 2.75) is 54.9 Å². The van der Waals surface area contributed by atoms with Crippen LogP contribution in [0.1, 0.15) is 37.7 Å². The Kier molecular flexibility index (Phi) is 7.20. The van der Waals surface area contributed by atoms with Crippen molar-refractivity contribution in [3.8, 4) is 11.3 Å². The summed E-state index contributed by atoms with van der Waals surface area (Å²) >= 11 is 0. The Morgan fingerprint density at radius 3 is 2.48 bits per heavy atom. The van der Waals surface area contributed by atoms with E-state index >= 15 is 13.2 Å². The second-order valence-electron chi connectivity index (χ2n) is 11.1. The third-order valence-electron chi connectivity index (χ3n) is 8.63. The Bertz CT molecular complexity index is 1790. The molecule has 4 atom stereocenters. The van der Waals surface area contributed by atoms with Crippen molar-refractivity contribution in [2.75, 3.05) is 12.4 Å². The van der Waals surface area contributed by atoms with Crippen LogP contribution in [0, 0.1) is 42.1 Å². The third-order valence-corrected chi connectivity index (χ3v) is 10.5. The zero-order chi connectivity index (χ0) is 29.8. The van der Waals surface area contributed by atoms with Gasteiger partial charge in [-0.3, -0.25) is 4.79 Å².